The van der Waals surface area contributed by atoms with Crippen LogP contribution in [0.1, 0.15) is 0 Å². The molecule has 0 bridgehead atoms. The summed E-state index contributed by atoms with van der Waals surface area (Å²) in [4.78, 5) is 0. The molecule has 3 heteroatoms. The Balaban J connectivity index is 3.75. The van der Waals surface area contributed by atoms with Gasteiger partial charge in [-0.05, 0) is 0 Å². The molecule has 0 radical (unpaired) electrons. The molecule has 9 heavy (non-hydrogen) atoms. The first-order valence-corrected chi connectivity index (χ1v) is 16.8. The summed E-state index contributed by atoms with van der Waals surface area (Å²) in [5.74, 6) is 0. The summed E-state index contributed by atoms with van der Waals surface area (Å²) in [6, 6.07) is 0. The van der Waals surface area contributed by atoms with Gasteiger partial charge < -0.3 is 0 Å². The van der Waals surface area contributed by atoms with Gasteiger partial charge in [0.05, 0.1) is 0 Å². The van der Waals surface area contributed by atoms with Crippen molar-refractivity contribution in [3.8, 4) is 0 Å². The Bertz CT molecular complexity index is 76.2. The van der Waals surface area contributed by atoms with Crippen LogP contribution in [-0.4, -0.2) is 27.5 Å². The van der Waals surface area contributed by atoms with Crippen molar-refractivity contribution in [2.45, 2.75) is 39.3 Å². The minimum absolute atomic E-state index is 0.486. The average Bonchev–Trinajstić information content (AvgIpc) is 1.14. The van der Waals surface area contributed by atoms with Crippen LogP contribution in [0.15, 0.2) is 0 Å². The van der Waals surface area contributed by atoms with Crippen molar-refractivity contribution >= 4 is 27.5 Å². The van der Waals surface area contributed by atoms with Gasteiger partial charge in [-0.15, -0.1) is 0 Å². The molecule has 0 aromatic carbocycles. The van der Waals surface area contributed by atoms with Crippen LogP contribution in [0, 0.1) is 0 Å². The van der Waals surface area contributed by atoms with E-state index in [9.17, 15) is 0 Å². The molecule has 0 N–H and O–H groups in total. The molecule has 0 aromatic heterocycles. The second kappa shape index (κ2) is 2.93. The standard InChI is InChI=1S/C6H19AsSi2/c1-8(2,3)7-9(4,5)6/h7H,1-6H3. The van der Waals surface area contributed by atoms with E-state index in [1.807, 2.05) is 0 Å². The molecule has 0 fully saturated rings. The van der Waals surface area contributed by atoms with Crippen LogP contribution in [0.4, 0.5) is 0 Å². The summed E-state index contributed by atoms with van der Waals surface area (Å²) in [5, 5.41) is 0. The van der Waals surface area contributed by atoms with E-state index in [-0.39, 0.29) is 0 Å². The zero-order valence-corrected chi connectivity index (χ0v) is 11.6. The Kier molecular flexibility index (Phi) is 3.26. The maximum atomic E-state index is 2.52. The van der Waals surface area contributed by atoms with Crippen LogP contribution in [-0.2, 0) is 0 Å². The second-order valence-corrected chi connectivity index (χ2v) is 38.2. The number of hydrogen-bond acceptors (Lipinski definition) is 0. The molecule has 0 aliphatic rings. The molecule has 0 amide bonds. The Labute approximate surface area is 66.9 Å². The molecule has 0 aromatic rings. The first-order valence-electron chi connectivity index (χ1n) is 3.50. The van der Waals surface area contributed by atoms with Crippen LogP contribution >= 0.6 is 0 Å². The third-order valence-corrected chi connectivity index (χ3v) is 35.1. The molecule has 0 atom stereocenters. The van der Waals surface area contributed by atoms with Crippen molar-refractivity contribution in [2.75, 3.05) is 0 Å². The van der Waals surface area contributed by atoms with E-state index in [2.05, 4.69) is 39.3 Å². The summed E-state index contributed by atoms with van der Waals surface area (Å²) < 4.78 is 0. The molecule has 0 aliphatic heterocycles. The van der Waals surface area contributed by atoms with Gasteiger partial charge in [0.1, 0.15) is 0 Å². The van der Waals surface area contributed by atoms with Crippen molar-refractivity contribution in [3.63, 3.8) is 0 Å². The zero-order chi connectivity index (χ0) is 7.71. The third kappa shape index (κ3) is 8.99. The number of hydrogen-bond donors (Lipinski definition) is 0. The summed E-state index contributed by atoms with van der Waals surface area (Å²) in [7, 11) is 0. The van der Waals surface area contributed by atoms with Gasteiger partial charge in [-0.1, -0.05) is 0 Å². The van der Waals surface area contributed by atoms with Crippen LogP contribution in [0.5, 0.6) is 0 Å². The van der Waals surface area contributed by atoms with Gasteiger partial charge in [0.25, 0.3) is 0 Å². The van der Waals surface area contributed by atoms with Crippen molar-refractivity contribution in [1.82, 2.24) is 0 Å². The summed E-state index contributed by atoms with van der Waals surface area (Å²) in [5.41, 5.74) is 0. The predicted molar refractivity (Wildman–Crippen MR) is 53.8 cm³/mol. The normalized spacial score (nSPS) is 14.0. The molecule has 0 saturated carbocycles. The Hall–Kier alpha value is 0.992. The fraction of sp³-hybridized carbons (Fsp3) is 1.00. The van der Waals surface area contributed by atoms with E-state index in [4.69, 9.17) is 0 Å². The van der Waals surface area contributed by atoms with Gasteiger partial charge in [-0.3, -0.25) is 0 Å². The summed E-state index contributed by atoms with van der Waals surface area (Å²) in [6.07, 6.45) is 0. The van der Waals surface area contributed by atoms with Crippen molar-refractivity contribution < 1.29 is 0 Å². The quantitative estimate of drug-likeness (QED) is 0.628. The molecule has 0 rings (SSSR count). The topological polar surface area (TPSA) is 0 Å². The fourth-order valence-electron chi connectivity index (χ4n) is 1.12. The fourth-order valence-corrected chi connectivity index (χ4v) is 52.6. The van der Waals surface area contributed by atoms with Gasteiger partial charge >= 0.3 is 66.8 Å². The Morgan fingerprint density at radius 1 is 0.667 bits per heavy atom. The molecule has 0 saturated heterocycles. The predicted octanol–water partition coefficient (Wildman–Crippen LogP) is 2.09. The Morgan fingerprint density at radius 3 is 0.889 bits per heavy atom. The molecule has 0 spiro atoms. The molecular weight excluding hydrogens is 203 g/mol. The molecule has 0 aliphatic carbocycles. The van der Waals surface area contributed by atoms with Crippen LogP contribution in [0.25, 0.3) is 0 Å². The molecule has 0 unspecified atom stereocenters. The second-order valence-electron chi connectivity index (χ2n) is 4.62. The van der Waals surface area contributed by atoms with E-state index in [1.165, 1.54) is 0 Å². The van der Waals surface area contributed by atoms with Crippen LogP contribution in [0.2, 0.25) is 39.3 Å². The van der Waals surface area contributed by atoms with Gasteiger partial charge in [-0.25, -0.2) is 0 Å². The van der Waals surface area contributed by atoms with Crippen molar-refractivity contribution in [3.05, 3.63) is 0 Å². The van der Waals surface area contributed by atoms with E-state index in [0.29, 0.717) is 14.4 Å². The van der Waals surface area contributed by atoms with Gasteiger partial charge in [0.15, 0.2) is 0 Å². The summed E-state index contributed by atoms with van der Waals surface area (Å²) >= 11 is 0.486. The SMILES string of the molecule is C[Si](C)(C)[AsH][Si](C)(C)C. The molecule has 0 nitrogen and oxygen atoms in total. The van der Waals surface area contributed by atoms with Crippen molar-refractivity contribution in [1.29, 1.82) is 0 Å². The summed E-state index contributed by atoms with van der Waals surface area (Å²) in [6.45, 7) is 13.9. The minimum atomic E-state index is -0.606. The molecule has 56 valence electrons. The van der Waals surface area contributed by atoms with E-state index >= 15 is 0 Å². The van der Waals surface area contributed by atoms with E-state index in [1.54, 1.807) is 0 Å². The van der Waals surface area contributed by atoms with Crippen LogP contribution < -0.4 is 0 Å². The Morgan fingerprint density at radius 2 is 0.889 bits per heavy atom. The first kappa shape index (κ1) is 9.99. The number of rotatable bonds is 2. The van der Waals surface area contributed by atoms with E-state index < -0.39 is 13.1 Å². The third-order valence-electron chi connectivity index (χ3n) is 0.750. The molecular formula is C6H19AsSi2. The monoisotopic (exact) mass is 222 g/mol. The van der Waals surface area contributed by atoms with Crippen LogP contribution in [0.3, 0.4) is 0 Å². The van der Waals surface area contributed by atoms with E-state index in [0.717, 1.165) is 0 Å². The molecule has 0 heterocycles. The zero-order valence-electron chi connectivity index (χ0n) is 7.50. The van der Waals surface area contributed by atoms with Gasteiger partial charge in [-0.2, -0.15) is 0 Å². The van der Waals surface area contributed by atoms with Gasteiger partial charge in [0, 0.05) is 0 Å². The van der Waals surface area contributed by atoms with Crippen molar-refractivity contribution in [2.24, 2.45) is 0 Å². The maximum absolute atomic E-state index is 2.52. The first-order chi connectivity index (χ1) is 3.71. The average molecular weight is 222 g/mol. The van der Waals surface area contributed by atoms with Gasteiger partial charge in [0.2, 0.25) is 0 Å².